The van der Waals surface area contributed by atoms with Crippen LogP contribution < -0.4 is 10.0 Å². The molecule has 0 aliphatic carbocycles. The van der Waals surface area contributed by atoms with Gasteiger partial charge in [-0.15, -0.1) is 11.3 Å². The van der Waals surface area contributed by atoms with Crippen LogP contribution in [-0.2, 0) is 10.0 Å². The summed E-state index contributed by atoms with van der Waals surface area (Å²) in [5.41, 5.74) is 1.41. The number of rotatable bonds is 5. The number of benzene rings is 2. The van der Waals surface area contributed by atoms with Crippen molar-refractivity contribution in [3.8, 4) is 0 Å². The van der Waals surface area contributed by atoms with Gasteiger partial charge in [-0.3, -0.25) is 4.72 Å². The number of nitrogens with one attached hydrogen (secondary N) is 2. The predicted molar refractivity (Wildman–Crippen MR) is 95.9 cm³/mol. The Balaban J connectivity index is 1.72. The molecule has 0 saturated carbocycles. The van der Waals surface area contributed by atoms with E-state index < -0.39 is 21.7 Å². The van der Waals surface area contributed by atoms with Crippen LogP contribution in [0.15, 0.2) is 58.8 Å². The van der Waals surface area contributed by atoms with Crippen molar-refractivity contribution in [2.24, 2.45) is 0 Å². The molecule has 0 unspecified atom stereocenters. The first-order valence-electron chi connectivity index (χ1n) is 7.25. The van der Waals surface area contributed by atoms with Crippen molar-refractivity contribution < 1.29 is 17.2 Å². The first-order chi connectivity index (χ1) is 11.8. The minimum atomic E-state index is -3.62. The van der Waals surface area contributed by atoms with Crippen molar-refractivity contribution in [1.29, 1.82) is 0 Å². The molecule has 0 fully saturated rings. The van der Waals surface area contributed by atoms with Gasteiger partial charge in [0.1, 0.15) is 4.21 Å². The third-order valence-corrected chi connectivity index (χ3v) is 6.20. The highest BCUT2D eigenvalue weighted by molar-refractivity contribution is 7.94. The van der Waals surface area contributed by atoms with Crippen molar-refractivity contribution in [2.75, 3.05) is 10.0 Å². The van der Waals surface area contributed by atoms with E-state index in [2.05, 4.69) is 10.0 Å². The summed E-state index contributed by atoms with van der Waals surface area (Å²) in [7, 11) is -3.62. The summed E-state index contributed by atoms with van der Waals surface area (Å²) in [6.45, 7) is 1.84. The maximum absolute atomic E-state index is 13.2. The maximum atomic E-state index is 13.2. The first kappa shape index (κ1) is 17.4. The van der Waals surface area contributed by atoms with E-state index in [-0.39, 0.29) is 4.21 Å². The number of aryl methyl sites for hydroxylation is 1. The van der Waals surface area contributed by atoms with Gasteiger partial charge in [0, 0.05) is 28.0 Å². The highest BCUT2D eigenvalue weighted by atomic mass is 32.2. The van der Waals surface area contributed by atoms with E-state index in [0.29, 0.717) is 17.1 Å². The number of halogens is 2. The molecular weight excluding hydrogens is 366 g/mol. The average Bonchev–Trinajstić information content (AvgIpc) is 3.00. The van der Waals surface area contributed by atoms with Crippen molar-refractivity contribution in [3.05, 3.63) is 71.1 Å². The van der Waals surface area contributed by atoms with Gasteiger partial charge in [0.2, 0.25) is 0 Å². The molecule has 2 aromatic carbocycles. The molecular formula is C17H14F2N2O2S2. The van der Waals surface area contributed by atoms with Crippen molar-refractivity contribution in [3.63, 3.8) is 0 Å². The standard InChI is InChI=1S/C17H14F2N2O2S2/c1-11-2-9-17(24-11)25(22,23)21-13-5-3-12(4-6-13)20-14-7-8-15(18)16(19)10-14/h2-10,20-21H,1H3. The molecule has 0 radical (unpaired) electrons. The van der Waals surface area contributed by atoms with Gasteiger partial charge in [-0.1, -0.05) is 0 Å². The minimum absolute atomic E-state index is 0.244. The third-order valence-electron chi connectivity index (χ3n) is 3.33. The van der Waals surface area contributed by atoms with Gasteiger partial charge in [-0.05, 0) is 55.5 Å². The number of thiophene rings is 1. The zero-order valence-corrected chi connectivity index (χ0v) is 14.7. The number of hydrogen-bond donors (Lipinski definition) is 2. The fourth-order valence-electron chi connectivity index (χ4n) is 2.12. The lowest BCUT2D eigenvalue weighted by Gasteiger charge is -2.09. The summed E-state index contributed by atoms with van der Waals surface area (Å²) < 4.78 is 53.4. The Hall–Kier alpha value is -2.45. The SMILES string of the molecule is Cc1ccc(S(=O)(=O)Nc2ccc(Nc3ccc(F)c(F)c3)cc2)s1. The number of sulfonamides is 1. The van der Waals surface area contributed by atoms with Crippen molar-refractivity contribution in [1.82, 2.24) is 0 Å². The maximum Gasteiger partial charge on any atom is 0.271 e. The smallest absolute Gasteiger partial charge is 0.271 e. The molecule has 3 aromatic rings. The highest BCUT2D eigenvalue weighted by Crippen LogP contribution is 2.25. The van der Waals surface area contributed by atoms with Crippen LogP contribution in [0.3, 0.4) is 0 Å². The lowest BCUT2D eigenvalue weighted by atomic mass is 10.2. The lowest BCUT2D eigenvalue weighted by molar-refractivity contribution is 0.509. The van der Waals surface area contributed by atoms with E-state index >= 15 is 0 Å². The van der Waals surface area contributed by atoms with Crippen LogP contribution in [-0.4, -0.2) is 8.42 Å². The van der Waals surface area contributed by atoms with Gasteiger partial charge < -0.3 is 5.32 Å². The number of anilines is 3. The van der Waals surface area contributed by atoms with Gasteiger partial charge in [-0.2, -0.15) is 0 Å². The van der Waals surface area contributed by atoms with E-state index in [1.54, 1.807) is 36.4 Å². The van der Waals surface area contributed by atoms with Crippen LogP contribution in [0.1, 0.15) is 4.88 Å². The van der Waals surface area contributed by atoms with Gasteiger partial charge in [-0.25, -0.2) is 17.2 Å². The Morgan fingerprint density at radius 3 is 2.08 bits per heavy atom. The molecule has 0 aliphatic heterocycles. The third kappa shape index (κ3) is 4.15. The molecule has 0 atom stereocenters. The Morgan fingerprint density at radius 1 is 0.840 bits per heavy atom. The second kappa shape index (κ2) is 6.81. The van der Waals surface area contributed by atoms with E-state index in [0.717, 1.165) is 17.0 Å². The molecule has 2 N–H and O–H groups in total. The van der Waals surface area contributed by atoms with Crippen molar-refractivity contribution >= 4 is 38.4 Å². The van der Waals surface area contributed by atoms with Crippen LogP contribution in [0.2, 0.25) is 0 Å². The zero-order valence-electron chi connectivity index (χ0n) is 13.1. The van der Waals surface area contributed by atoms with Gasteiger partial charge >= 0.3 is 0 Å². The fraction of sp³-hybridized carbons (Fsp3) is 0.0588. The summed E-state index contributed by atoms with van der Waals surface area (Å²) in [5.74, 6) is -1.86. The Morgan fingerprint density at radius 2 is 1.48 bits per heavy atom. The summed E-state index contributed by atoms with van der Waals surface area (Å²) in [5, 5.41) is 2.92. The largest absolute Gasteiger partial charge is 0.355 e. The fourth-order valence-corrected chi connectivity index (χ4v) is 4.47. The molecule has 0 spiro atoms. The summed E-state index contributed by atoms with van der Waals surface area (Å²) in [6.07, 6.45) is 0. The molecule has 8 heteroatoms. The van der Waals surface area contributed by atoms with E-state index in [9.17, 15) is 17.2 Å². The molecule has 0 saturated heterocycles. The van der Waals surface area contributed by atoms with Crippen LogP contribution >= 0.6 is 11.3 Å². The molecule has 3 rings (SSSR count). The molecule has 1 heterocycles. The van der Waals surface area contributed by atoms with Gasteiger partial charge in [0.15, 0.2) is 11.6 Å². The van der Waals surface area contributed by atoms with E-state index in [1.807, 2.05) is 6.92 Å². The van der Waals surface area contributed by atoms with Crippen molar-refractivity contribution in [2.45, 2.75) is 11.1 Å². The Kier molecular flexibility index (Phi) is 4.73. The number of hydrogen-bond acceptors (Lipinski definition) is 4. The average molecular weight is 380 g/mol. The molecule has 1 aromatic heterocycles. The quantitative estimate of drug-likeness (QED) is 0.663. The van der Waals surface area contributed by atoms with Gasteiger partial charge in [0.05, 0.1) is 0 Å². The Bertz CT molecular complexity index is 1000. The molecule has 25 heavy (non-hydrogen) atoms. The highest BCUT2D eigenvalue weighted by Gasteiger charge is 2.16. The predicted octanol–water partition coefficient (Wildman–Crippen LogP) is 4.88. The second-order valence-corrected chi connectivity index (χ2v) is 8.50. The molecule has 4 nitrogen and oxygen atoms in total. The lowest BCUT2D eigenvalue weighted by Crippen LogP contribution is -2.11. The molecule has 0 amide bonds. The second-order valence-electron chi connectivity index (χ2n) is 5.30. The molecule has 0 aliphatic rings. The van der Waals surface area contributed by atoms with E-state index in [1.165, 1.54) is 17.4 Å². The van der Waals surface area contributed by atoms with E-state index in [4.69, 9.17) is 0 Å². The monoisotopic (exact) mass is 380 g/mol. The van der Waals surface area contributed by atoms with Gasteiger partial charge in [0.25, 0.3) is 10.0 Å². The van der Waals surface area contributed by atoms with Crippen LogP contribution in [0.25, 0.3) is 0 Å². The van der Waals surface area contributed by atoms with Crippen LogP contribution in [0, 0.1) is 18.6 Å². The minimum Gasteiger partial charge on any atom is -0.355 e. The summed E-state index contributed by atoms with van der Waals surface area (Å²) >= 11 is 1.19. The Labute approximate surface area is 148 Å². The normalized spacial score (nSPS) is 11.3. The summed E-state index contributed by atoms with van der Waals surface area (Å²) in [6, 6.07) is 13.2. The topological polar surface area (TPSA) is 58.2 Å². The van der Waals surface area contributed by atoms with Crippen LogP contribution in [0.5, 0.6) is 0 Å². The molecule has 0 bridgehead atoms. The molecule has 130 valence electrons. The first-order valence-corrected chi connectivity index (χ1v) is 9.55. The van der Waals surface area contributed by atoms with Crippen LogP contribution in [0.4, 0.5) is 25.8 Å². The zero-order chi connectivity index (χ0) is 18.0. The summed E-state index contributed by atoms with van der Waals surface area (Å²) in [4.78, 5) is 0.909.